The van der Waals surface area contributed by atoms with Crippen LogP contribution in [0.5, 0.6) is 5.75 Å². The summed E-state index contributed by atoms with van der Waals surface area (Å²) in [5.74, 6) is -0.373. The van der Waals surface area contributed by atoms with Gasteiger partial charge in [-0.3, -0.25) is 4.79 Å². The van der Waals surface area contributed by atoms with Crippen LogP contribution >= 0.6 is 0 Å². The van der Waals surface area contributed by atoms with Crippen LogP contribution in [0.3, 0.4) is 0 Å². The molecule has 0 bridgehead atoms. The lowest BCUT2D eigenvalue weighted by molar-refractivity contribution is -0.131. The molecule has 0 aromatic heterocycles. The van der Waals surface area contributed by atoms with Gasteiger partial charge in [-0.25, -0.2) is 4.79 Å². The first-order valence-corrected chi connectivity index (χ1v) is 6.02. The molecule has 0 aliphatic rings. The maximum absolute atomic E-state index is 11.2. The van der Waals surface area contributed by atoms with Crippen LogP contribution in [0, 0.1) is 0 Å². The zero-order chi connectivity index (χ0) is 14.1. The maximum Gasteiger partial charge on any atom is 0.328 e. The summed E-state index contributed by atoms with van der Waals surface area (Å²) in [5, 5.41) is 11.2. The number of carbonyl (C=O) groups is 2. The van der Waals surface area contributed by atoms with Gasteiger partial charge in [-0.1, -0.05) is 12.1 Å². The number of ether oxygens (including phenoxy) is 1. The Morgan fingerprint density at radius 2 is 2.00 bits per heavy atom. The van der Waals surface area contributed by atoms with Gasteiger partial charge in [0.2, 0.25) is 5.91 Å². The van der Waals surface area contributed by atoms with Crippen molar-refractivity contribution in [2.45, 2.75) is 13.3 Å². The van der Waals surface area contributed by atoms with Gasteiger partial charge in [0.05, 0.1) is 13.0 Å². The molecule has 102 valence electrons. The van der Waals surface area contributed by atoms with Gasteiger partial charge in [0, 0.05) is 12.6 Å². The van der Waals surface area contributed by atoms with E-state index in [-0.39, 0.29) is 5.91 Å². The summed E-state index contributed by atoms with van der Waals surface area (Å²) >= 11 is 0. The second kappa shape index (κ2) is 7.92. The summed E-state index contributed by atoms with van der Waals surface area (Å²) in [4.78, 5) is 21.5. The maximum atomic E-state index is 11.2. The average molecular weight is 263 g/mol. The van der Waals surface area contributed by atoms with E-state index < -0.39 is 5.97 Å². The molecule has 0 saturated heterocycles. The molecule has 0 aliphatic heterocycles. The highest BCUT2D eigenvalue weighted by Crippen LogP contribution is 2.13. The molecule has 0 saturated carbocycles. The fraction of sp³-hybridized carbons (Fsp3) is 0.286. The normalized spacial score (nSPS) is 10.4. The Morgan fingerprint density at radius 3 is 2.58 bits per heavy atom. The molecule has 0 heterocycles. The summed E-state index contributed by atoms with van der Waals surface area (Å²) in [5.41, 5.74) is 0.776. The van der Waals surface area contributed by atoms with Crippen LogP contribution in [0.15, 0.2) is 30.3 Å². The molecule has 1 aromatic carbocycles. The van der Waals surface area contributed by atoms with E-state index in [1.54, 1.807) is 24.3 Å². The van der Waals surface area contributed by atoms with E-state index in [9.17, 15) is 9.59 Å². The molecule has 5 nitrogen and oxygen atoms in total. The Morgan fingerprint density at radius 1 is 1.32 bits per heavy atom. The van der Waals surface area contributed by atoms with Crippen molar-refractivity contribution >= 4 is 18.0 Å². The minimum atomic E-state index is -0.984. The highest BCUT2D eigenvalue weighted by atomic mass is 16.5. The molecule has 1 aromatic rings. The monoisotopic (exact) mass is 263 g/mol. The van der Waals surface area contributed by atoms with E-state index in [1.807, 2.05) is 6.92 Å². The van der Waals surface area contributed by atoms with Crippen LogP contribution in [-0.2, 0) is 9.59 Å². The van der Waals surface area contributed by atoms with E-state index in [2.05, 4.69) is 5.32 Å². The zero-order valence-corrected chi connectivity index (χ0v) is 10.8. The van der Waals surface area contributed by atoms with Crippen molar-refractivity contribution in [1.29, 1.82) is 0 Å². The Balaban J connectivity index is 2.40. The lowest BCUT2D eigenvalue weighted by Crippen LogP contribution is -2.24. The zero-order valence-electron chi connectivity index (χ0n) is 10.8. The fourth-order valence-corrected chi connectivity index (χ4v) is 1.39. The van der Waals surface area contributed by atoms with Gasteiger partial charge >= 0.3 is 5.97 Å². The van der Waals surface area contributed by atoms with Crippen molar-refractivity contribution < 1.29 is 19.4 Å². The highest BCUT2D eigenvalue weighted by Gasteiger charge is 2.00. The summed E-state index contributed by atoms with van der Waals surface area (Å²) in [6.07, 6.45) is 2.89. The molecule has 0 fully saturated rings. The van der Waals surface area contributed by atoms with Crippen molar-refractivity contribution in [2.75, 3.05) is 13.2 Å². The largest absolute Gasteiger partial charge is 0.493 e. The molecule has 0 radical (unpaired) electrons. The first-order chi connectivity index (χ1) is 9.11. The molecule has 0 aliphatic carbocycles. The van der Waals surface area contributed by atoms with Gasteiger partial charge in [-0.2, -0.15) is 0 Å². The van der Waals surface area contributed by atoms with Crippen LogP contribution in [0.25, 0.3) is 6.08 Å². The van der Waals surface area contributed by atoms with E-state index in [4.69, 9.17) is 9.84 Å². The molecular formula is C14H17NO4. The number of nitrogens with one attached hydrogen (secondary N) is 1. The van der Waals surface area contributed by atoms with Gasteiger partial charge in [0.25, 0.3) is 0 Å². The second-order valence-electron chi connectivity index (χ2n) is 3.79. The van der Waals surface area contributed by atoms with Gasteiger partial charge in [-0.15, -0.1) is 0 Å². The minimum Gasteiger partial charge on any atom is -0.493 e. The highest BCUT2D eigenvalue weighted by molar-refractivity contribution is 5.85. The van der Waals surface area contributed by atoms with E-state index in [0.29, 0.717) is 25.3 Å². The lowest BCUT2D eigenvalue weighted by atomic mass is 10.2. The smallest absolute Gasteiger partial charge is 0.328 e. The third-order valence-corrected chi connectivity index (χ3v) is 2.27. The van der Waals surface area contributed by atoms with Crippen LogP contribution in [0.2, 0.25) is 0 Å². The number of rotatable bonds is 7. The predicted molar refractivity (Wildman–Crippen MR) is 71.9 cm³/mol. The SMILES string of the molecule is CCNC(=O)CCOc1ccc(C=CC(=O)O)cc1. The summed E-state index contributed by atoms with van der Waals surface area (Å²) in [6.45, 7) is 2.79. The third-order valence-electron chi connectivity index (χ3n) is 2.27. The van der Waals surface area contributed by atoms with Crippen LogP contribution in [-0.4, -0.2) is 30.1 Å². The average Bonchev–Trinajstić information content (AvgIpc) is 2.38. The van der Waals surface area contributed by atoms with Crippen molar-refractivity contribution in [3.8, 4) is 5.75 Å². The van der Waals surface area contributed by atoms with Gasteiger partial charge in [0.15, 0.2) is 0 Å². The standard InChI is InChI=1S/C14H17NO4/c1-2-15-13(16)9-10-19-12-6-3-11(4-7-12)5-8-14(17)18/h3-8H,2,9-10H2,1H3,(H,15,16)(H,17,18). The molecule has 19 heavy (non-hydrogen) atoms. The van der Waals surface area contributed by atoms with E-state index >= 15 is 0 Å². The number of aliphatic carboxylic acids is 1. The molecule has 0 spiro atoms. The first-order valence-electron chi connectivity index (χ1n) is 6.02. The molecule has 1 amide bonds. The topological polar surface area (TPSA) is 75.6 Å². The quantitative estimate of drug-likeness (QED) is 0.734. The lowest BCUT2D eigenvalue weighted by Gasteiger charge is -2.06. The number of carbonyl (C=O) groups excluding carboxylic acids is 1. The molecule has 1 rings (SSSR count). The third kappa shape index (κ3) is 6.26. The van der Waals surface area contributed by atoms with Gasteiger partial charge in [-0.05, 0) is 30.7 Å². The van der Waals surface area contributed by atoms with Gasteiger partial charge < -0.3 is 15.2 Å². The summed E-state index contributed by atoms with van der Waals surface area (Å²) in [7, 11) is 0. The number of carboxylic acids is 1. The molecule has 2 N–H and O–H groups in total. The van der Waals surface area contributed by atoms with E-state index in [0.717, 1.165) is 11.6 Å². The van der Waals surface area contributed by atoms with Crippen molar-refractivity contribution in [2.24, 2.45) is 0 Å². The number of carboxylic acid groups (broad SMARTS) is 1. The Kier molecular flexibility index (Phi) is 6.15. The number of hydrogen-bond donors (Lipinski definition) is 2. The fourth-order valence-electron chi connectivity index (χ4n) is 1.39. The van der Waals surface area contributed by atoms with Crippen molar-refractivity contribution in [1.82, 2.24) is 5.32 Å². The Hall–Kier alpha value is -2.30. The van der Waals surface area contributed by atoms with Crippen LogP contribution in [0.4, 0.5) is 0 Å². The molecule has 0 atom stereocenters. The molecular weight excluding hydrogens is 246 g/mol. The molecule has 0 unspecified atom stereocenters. The van der Waals surface area contributed by atoms with Crippen LogP contribution in [0.1, 0.15) is 18.9 Å². The van der Waals surface area contributed by atoms with Gasteiger partial charge in [0.1, 0.15) is 5.75 Å². The first kappa shape index (κ1) is 14.8. The van der Waals surface area contributed by atoms with Crippen molar-refractivity contribution in [3.05, 3.63) is 35.9 Å². The van der Waals surface area contributed by atoms with E-state index in [1.165, 1.54) is 6.08 Å². The Labute approximate surface area is 111 Å². The predicted octanol–water partition coefficient (Wildman–Crippen LogP) is 1.69. The minimum absolute atomic E-state index is 0.0384. The van der Waals surface area contributed by atoms with Crippen LogP contribution < -0.4 is 10.1 Å². The number of amides is 1. The molecule has 5 heteroatoms. The second-order valence-corrected chi connectivity index (χ2v) is 3.79. The number of hydrogen-bond acceptors (Lipinski definition) is 3. The number of benzene rings is 1. The van der Waals surface area contributed by atoms with Crippen molar-refractivity contribution in [3.63, 3.8) is 0 Å². The Bertz CT molecular complexity index is 451. The summed E-state index contributed by atoms with van der Waals surface area (Å²) in [6, 6.07) is 6.97. The summed E-state index contributed by atoms with van der Waals surface area (Å²) < 4.78 is 5.40.